The van der Waals surface area contributed by atoms with Gasteiger partial charge in [0.15, 0.2) is 5.50 Å². The summed E-state index contributed by atoms with van der Waals surface area (Å²) in [4.78, 5) is 12.9. The maximum Gasteiger partial charge on any atom is 0.322 e. The van der Waals surface area contributed by atoms with Crippen LogP contribution in [0, 0.1) is 0 Å². The number of hydrogen-bond acceptors (Lipinski definition) is 1. The normalized spacial score (nSPS) is 13.0. The molecule has 2 amide bonds. The first-order valence-corrected chi connectivity index (χ1v) is 7.14. The van der Waals surface area contributed by atoms with E-state index in [0.29, 0.717) is 15.7 Å². The van der Waals surface area contributed by atoms with Crippen LogP contribution in [0.2, 0.25) is 10.0 Å². The van der Waals surface area contributed by atoms with Crippen LogP contribution >= 0.6 is 69.6 Å². The summed E-state index contributed by atoms with van der Waals surface area (Å²) in [5, 5.41) is 3.30. The van der Waals surface area contributed by atoms with Gasteiger partial charge in [0.05, 0.1) is 0 Å². The van der Waals surface area contributed by atoms with Crippen molar-refractivity contribution in [2.24, 2.45) is 0 Å². The van der Waals surface area contributed by atoms with E-state index in [2.05, 4.69) is 5.32 Å². The summed E-state index contributed by atoms with van der Waals surface area (Å²) < 4.78 is -1.81. The molecule has 0 saturated heterocycles. The van der Waals surface area contributed by atoms with Gasteiger partial charge in [-0.05, 0) is 18.2 Å². The Balaban J connectivity index is 2.79. The number of hydrogen-bond donors (Lipinski definition) is 1. The van der Waals surface area contributed by atoms with Gasteiger partial charge in [0.2, 0.25) is 3.79 Å². The van der Waals surface area contributed by atoms with Gasteiger partial charge in [-0.25, -0.2) is 4.79 Å². The molecular weight excluding hydrogens is 377 g/mol. The summed E-state index contributed by atoms with van der Waals surface area (Å²) in [7, 11) is 1.39. The van der Waals surface area contributed by atoms with Gasteiger partial charge in [-0.2, -0.15) is 0 Å². The Labute approximate surface area is 140 Å². The van der Waals surface area contributed by atoms with Gasteiger partial charge in [0.25, 0.3) is 0 Å². The van der Waals surface area contributed by atoms with E-state index in [0.717, 1.165) is 4.90 Å². The number of carbonyl (C=O) groups is 1. The smallest absolute Gasteiger partial charge is 0.308 e. The number of nitrogens with one attached hydrogen (secondary N) is 1. The number of anilines is 1. The molecule has 0 heterocycles. The average molecular weight is 385 g/mol. The maximum absolute atomic E-state index is 11.9. The lowest BCUT2D eigenvalue weighted by molar-refractivity contribution is 0.218. The first kappa shape index (κ1) is 17.3. The Hall–Kier alpha value is 0.230. The highest BCUT2D eigenvalue weighted by atomic mass is 35.6. The topological polar surface area (TPSA) is 32.3 Å². The van der Waals surface area contributed by atoms with Gasteiger partial charge in [0.1, 0.15) is 0 Å². The van der Waals surface area contributed by atoms with Crippen LogP contribution in [0.25, 0.3) is 0 Å². The minimum Gasteiger partial charge on any atom is -0.308 e. The van der Waals surface area contributed by atoms with E-state index in [1.807, 2.05) is 0 Å². The molecule has 106 valence electrons. The van der Waals surface area contributed by atoms with Crippen LogP contribution < -0.4 is 5.32 Å². The van der Waals surface area contributed by atoms with Crippen molar-refractivity contribution >= 4 is 81.3 Å². The fraction of sp³-hybridized carbons (Fsp3) is 0.300. The summed E-state index contributed by atoms with van der Waals surface area (Å²) in [5.74, 6) is 0. The van der Waals surface area contributed by atoms with E-state index < -0.39 is 15.3 Å². The van der Waals surface area contributed by atoms with Gasteiger partial charge in [0, 0.05) is 22.8 Å². The summed E-state index contributed by atoms with van der Waals surface area (Å²) in [5.41, 5.74) is -0.727. The fourth-order valence-corrected chi connectivity index (χ4v) is 2.21. The van der Waals surface area contributed by atoms with Crippen LogP contribution in [0.5, 0.6) is 0 Å². The second-order valence-electron chi connectivity index (χ2n) is 3.58. The SMILES string of the molecule is CN(C(=O)Nc1cc(Cl)cc(Cl)c1)C(Cl)C(Cl)(Cl)Cl. The van der Waals surface area contributed by atoms with Crippen molar-refractivity contribution in [2.75, 3.05) is 12.4 Å². The number of benzene rings is 1. The van der Waals surface area contributed by atoms with Crippen molar-refractivity contribution in [3.8, 4) is 0 Å². The van der Waals surface area contributed by atoms with Crippen LogP contribution in [0.3, 0.4) is 0 Å². The highest BCUT2D eigenvalue weighted by molar-refractivity contribution is 6.70. The molecule has 0 aliphatic rings. The molecule has 3 nitrogen and oxygen atoms in total. The Kier molecular flexibility index (Phi) is 6.18. The van der Waals surface area contributed by atoms with Gasteiger partial charge in [-0.1, -0.05) is 69.6 Å². The van der Waals surface area contributed by atoms with Gasteiger partial charge in [-0.3, -0.25) is 0 Å². The molecule has 9 heteroatoms. The molecule has 0 aliphatic heterocycles. The number of carbonyl (C=O) groups excluding carboxylic acids is 1. The highest BCUT2D eigenvalue weighted by Crippen LogP contribution is 2.35. The average Bonchev–Trinajstić information content (AvgIpc) is 2.24. The van der Waals surface area contributed by atoms with Gasteiger partial charge in [-0.15, -0.1) is 0 Å². The second-order valence-corrected chi connectivity index (χ2v) is 7.23. The maximum atomic E-state index is 11.9. The Morgan fingerprint density at radius 3 is 2.11 bits per heavy atom. The van der Waals surface area contributed by atoms with Crippen molar-refractivity contribution in [3.63, 3.8) is 0 Å². The summed E-state index contributed by atoms with van der Waals surface area (Å²) in [6.07, 6.45) is 0. The molecule has 1 aromatic carbocycles. The van der Waals surface area contributed by atoms with E-state index in [-0.39, 0.29) is 0 Å². The summed E-state index contributed by atoms with van der Waals surface area (Å²) in [6, 6.07) is 4.02. The zero-order valence-electron chi connectivity index (χ0n) is 9.43. The number of urea groups is 1. The molecule has 0 fully saturated rings. The molecule has 1 rings (SSSR count). The van der Waals surface area contributed by atoms with Crippen molar-refractivity contribution in [1.29, 1.82) is 0 Å². The third kappa shape index (κ3) is 5.25. The van der Waals surface area contributed by atoms with E-state index in [9.17, 15) is 4.79 Å². The number of alkyl halides is 4. The molecule has 19 heavy (non-hydrogen) atoms. The molecule has 0 saturated carbocycles. The molecule has 0 aromatic heterocycles. The molecule has 1 unspecified atom stereocenters. The van der Waals surface area contributed by atoms with Crippen LogP contribution in [0.1, 0.15) is 0 Å². The number of amides is 2. The summed E-state index contributed by atoms with van der Waals surface area (Å²) in [6.45, 7) is 0. The fourth-order valence-electron chi connectivity index (χ4n) is 1.16. The minimum atomic E-state index is -1.81. The van der Waals surface area contributed by atoms with E-state index >= 15 is 0 Å². The zero-order valence-corrected chi connectivity index (χ0v) is 14.0. The Morgan fingerprint density at radius 1 is 1.21 bits per heavy atom. The van der Waals surface area contributed by atoms with Crippen LogP contribution in [-0.2, 0) is 0 Å². The molecule has 1 aromatic rings. The summed E-state index contributed by atoms with van der Waals surface area (Å²) >= 11 is 34.3. The molecule has 0 spiro atoms. The zero-order chi connectivity index (χ0) is 14.8. The minimum absolute atomic E-state index is 0.384. The molecule has 0 aliphatic carbocycles. The first-order valence-electron chi connectivity index (χ1n) is 4.82. The molecule has 0 radical (unpaired) electrons. The highest BCUT2D eigenvalue weighted by Gasteiger charge is 2.36. The van der Waals surface area contributed by atoms with E-state index in [1.54, 1.807) is 0 Å². The number of halogens is 6. The lowest BCUT2D eigenvalue weighted by Crippen LogP contribution is -2.43. The molecular formula is C10H8Cl6N2O. The third-order valence-corrected chi connectivity index (χ3v) is 4.06. The number of rotatable bonds is 2. The lowest BCUT2D eigenvalue weighted by atomic mass is 10.3. The van der Waals surface area contributed by atoms with Crippen molar-refractivity contribution < 1.29 is 4.79 Å². The van der Waals surface area contributed by atoms with E-state index in [4.69, 9.17) is 69.6 Å². The largest absolute Gasteiger partial charge is 0.322 e. The Morgan fingerprint density at radius 2 is 1.68 bits per heavy atom. The van der Waals surface area contributed by atoms with Crippen molar-refractivity contribution in [3.05, 3.63) is 28.2 Å². The monoisotopic (exact) mass is 382 g/mol. The quantitative estimate of drug-likeness (QED) is 0.538. The van der Waals surface area contributed by atoms with Gasteiger partial charge >= 0.3 is 6.03 Å². The van der Waals surface area contributed by atoms with E-state index in [1.165, 1.54) is 25.2 Å². The second kappa shape index (κ2) is 6.79. The van der Waals surface area contributed by atoms with Gasteiger partial charge < -0.3 is 10.2 Å². The third-order valence-electron chi connectivity index (χ3n) is 2.04. The number of nitrogens with zero attached hydrogens (tertiary/aromatic N) is 1. The van der Waals surface area contributed by atoms with Crippen molar-refractivity contribution in [1.82, 2.24) is 4.90 Å². The van der Waals surface area contributed by atoms with Crippen molar-refractivity contribution in [2.45, 2.75) is 9.29 Å². The first-order chi connectivity index (χ1) is 8.61. The Bertz CT molecular complexity index is 455. The molecule has 1 N–H and O–H groups in total. The predicted molar refractivity (Wildman–Crippen MR) is 83.2 cm³/mol. The predicted octanol–water partition coefficient (Wildman–Crippen LogP) is 5.39. The van der Waals surface area contributed by atoms with Crippen LogP contribution in [-0.4, -0.2) is 27.3 Å². The standard InChI is InChI=1S/C10H8Cl6N2O/c1-18(8(13)10(14,15)16)9(19)17-7-3-5(11)2-6(12)4-7/h2-4,8H,1H3,(H,17,19). The van der Waals surface area contributed by atoms with Crippen LogP contribution in [0.4, 0.5) is 10.5 Å². The molecule has 1 atom stereocenters. The lowest BCUT2D eigenvalue weighted by Gasteiger charge is -2.28. The molecule has 0 bridgehead atoms. The van der Waals surface area contributed by atoms with Crippen LogP contribution in [0.15, 0.2) is 18.2 Å².